The summed E-state index contributed by atoms with van der Waals surface area (Å²) in [5.74, 6) is -1.33. The Balaban J connectivity index is 1.31. The molecule has 184 valence electrons. The molecule has 0 saturated heterocycles. The molecule has 0 spiro atoms. The first kappa shape index (κ1) is 24.9. The highest BCUT2D eigenvalue weighted by Gasteiger charge is 2.24. The van der Waals surface area contributed by atoms with Gasteiger partial charge in [-0.25, -0.2) is 13.6 Å². The molecule has 1 aliphatic rings. The number of esters is 1. The van der Waals surface area contributed by atoms with Gasteiger partial charge in [0.05, 0.1) is 12.2 Å². The van der Waals surface area contributed by atoms with E-state index in [1.807, 2.05) is 12.1 Å². The third-order valence-electron chi connectivity index (χ3n) is 6.99. The first-order valence-electron chi connectivity index (χ1n) is 12.4. The summed E-state index contributed by atoms with van der Waals surface area (Å²) in [5.41, 5.74) is 2.97. The van der Waals surface area contributed by atoms with Crippen LogP contribution in [0.15, 0.2) is 66.7 Å². The summed E-state index contributed by atoms with van der Waals surface area (Å²) < 4.78 is 38.2. The van der Waals surface area contributed by atoms with E-state index in [-0.39, 0.29) is 12.4 Å². The number of hydrogen-bond acceptors (Lipinski definition) is 3. The van der Waals surface area contributed by atoms with Gasteiger partial charge >= 0.3 is 5.97 Å². The van der Waals surface area contributed by atoms with Crippen molar-refractivity contribution in [3.63, 3.8) is 0 Å². The Bertz CT molecular complexity index is 1100. The molecular formula is C30H32F2O3. The molecule has 4 rings (SSSR count). The van der Waals surface area contributed by atoms with E-state index in [4.69, 9.17) is 9.47 Å². The van der Waals surface area contributed by atoms with E-state index in [2.05, 4.69) is 37.3 Å². The van der Waals surface area contributed by atoms with Crippen molar-refractivity contribution in [2.75, 3.05) is 6.61 Å². The Morgan fingerprint density at radius 2 is 1.57 bits per heavy atom. The van der Waals surface area contributed by atoms with E-state index in [0.717, 1.165) is 30.9 Å². The zero-order valence-electron chi connectivity index (χ0n) is 20.3. The number of rotatable bonds is 8. The van der Waals surface area contributed by atoms with E-state index in [1.54, 1.807) is 19.1 Å². The average Bonchev–Trinajstić information content (AvgIpc) is 2.87. The molecule has 0 radical (unpaired) electrons. The number of halogens is 2. The number of benzene rings is 3. The second-order valence-electron chi connectivity index (χ2n) is 9.43. The molecule has 0 aliphatic heterocycles. The van der Waals surface area contributed by atoms with Gasteiger partial charge in [-0.05, 0) is 80.0 Å². The van der Waals surface area contributed by atoms with Crippen molar-refractivity contribution in [2.24, 2.45) is 5.92 Å². The Hall–Kier alpha value is -3.21. The lowest BCUT2D eigenvalue weighted by molar-refractivity contribution is 0.0733. The Morgan fingerprint density at radius 3 is 2.17 bits per heavy atom. The molecule has 1 unspecified atom stereocenters. The minimum Gasteiger partial charge on any atom is -0.488 e. The van der Waals surface area contributed by atoms with E-state index in [9.17, 15) is 13.6 Å². The molecule has 1 aliphatic carbocycles. The van der Waals surface area contributed by atoms with Crippen molar-refractivity contribution in [2.45, 2.75) is 57.8 Å². The largest absolute Gasteiger partial charge is 0.488 e. The zero-order valence-corrected chi connectivity index (χ0v) is 20.3. The number of carbonyl (C=O) groups excluding carboxylic acids is 1. The fourth-order valence-electron chi connectivity index (χ4n) is 5.08. The van der Waals surface area contributed by atoms with Crippen molar-refractivity contribution < 1.29 is 23.0 Å². The predicted octanol–water partition coefficient (Wildman–Crippen LogP) is 8.05. The van der Waals surface area contributed by atoms with Gasteiger partial charge in [0.2, 0.25) is 0 Å². The lowest BCUT2D eigenvalue weighted by Crippen LogP contribution is -2.15. The topological polar surface area (TPSA) is 35.5 Å². The van der Waals surface area contributed by atoms with Crippen LogP contribution in [-0.4, -0.2) is 12.6 Å². The molecule has 0 amide bonds. The molecule has 3 aromatic rings. The van der Waals surface area contributed by atoms with Crippen molar-refractivity contribution in [3.8, 4) is 11.5 Å². The van der Waals surface area contributed by atoms with Crippen LogP contribution in [0.5, 0.6) is 11.5 Å². The zero-order chi connectivity index (χ0) is 24.8. The first-order valence-corrected chi connectivity index (χ1v) is 12.4. The summed E-state index contributed by atoms with van der Waals surface area (Å²) in [7, 11) is 0. The van der Waals surface area contributed by atoms with Crippen LogP contribution < -0.4 is 9.47 Å². The fourth-order valence-corrected chi connectivity index (χ4v) is 5.08. The monoisotopic (exact) mass is 478 g/mol. The molecule has 1 fully saturated rings. The van der Waals surface area contributed by atoms with Crippen LogP contribution in [0.3, 0.4) is 0 Å². The summed E-state index contributed by atoms with van der Waals surface area (Å²) in [6.07, 6.45) is 5.91. The molecule has 3 nitrogen and oxygen atoms in total. The van der Waals surface area contributed by atoms with Gasteiger partial charge in [-0.15, -0.1) is 0 Å². The van der Waals surface area contributed by atoms with Gasteiger partial charge in [-0.1, -0.05) is 49.4 Å². The molecule has 3 aromatic carbocycles. The third kappa shape index (κ3) is 6.27. The summed E-state index contributed by atoms with van der Waals surface area (Å²) in [6, 6.07) is 20.0. The van der Waals surface area contributed by atoms with Crippen molar-refractivity contribution in [1.29, 1.82) is 0 Å². The maximum atomic E-state index is 14.0. The van der Waals surface area contributed by atoms with E-state index >= 15 is 0 Å². The Morgan fingerprint density at radius 1 is 0.943 bits per heavy atom. The molecule has 0 heterocycles. The molecule has 0 aromatic heterocycles. The fraction of sp³-hybridized carbons (Fsp3) is 0.367. The highest BCUT2D eigenvalue weighted by Crippen LogP contribution is 2.39. The summed E-state index contributed by atoms with van der Waals surface area (Å²) >= 11 is 0. The lowest BCUT2D eigenvalue weighted by Gasteiger charge is -2.30. The van der Waals surface area contributed by atoms with Crippen LogP contribution in [0, 0.1) is 17.6 Å². The van der Waals surface area contributed by atoms with Crippen LogP contribution in [-0.2, 0) is 0 Å². The third-order valence-corrected chi connectivity index (χ3v) is 6.99. The molecule has 1 saturated carbocycles. The van der Waals surface area contributed by atoms with Crippen LogP contribution in [0.2, 0.25) is 0 Å². The SMILES string of the molecule is CCOc1c(F)cc(OC(=O)c2ccc(C3CCC(CC(C)c4ccccc4)CC3)cc2)cc1F. The molecule has 1 atom stereocenters. The maximum Gasteiger partial charge on any atom is 0.343 e. The second kappa shape index (κ2) is 11.5. The van der Waals surface area contributed by atoms with E-state index < -0.39 is 23.4 Å². The van der Waals surface area contributed by atoms with Gasteiger partial charge in [-0.3, -0.25) is 0 Å². The normalized spacial score (nSPS) is 18.6. The average molecular weight is 479 g/mol. The van der Waals surface area contributed by atoms with Gasteiger partial charge < -0.3 is 9.47 Å². The molecular weight excluding hydrogens is 446 g/mol. The Kier molecular flexibility index (Phi) is 8.17. The highest BCUT2D eigenvalue weighted by atomic mass is 19.1. The number of hydrogen-bond donors (Lipinski definition) is 0. The predicted molar refractivity (Wildman–Crippen MR) is 133 cm³/mol. The molecule has 35 heavy (non-hydrogen) atoms. The maximum absolute atomic E-state index is 14.0. The number of carbonyl (C=O) groups is 1. The summed E-state index contributed by atoms with van der Waals surface area (Å²) in [4.78, 5) is 12.5. The minimum atomic E-state index is -0.904. The van der Waals surface area contributed by atoms with Gasteiger partial charge in [0.25, 0.3) is 0 Å². The standard InChI is InChI=1S/C30H32F2O3/c1-3-34-29-27(31)18-26(19-28(29)32)35-30(33)25-15-13-24(14-16-25)23-11-9-21(10-12-23)17-20(2)22-7-5-4-6-8-22/h4-8,13-16,18-21,23H,3,9-12,17H2,1-2H3. The van der Waals surface area contributed by atoms with E-state index in [1.165, 1.54) is 30.4 Å². The summed E-state index contributed by atoms with van der Waals surface area (Å²) in [6.45, 7) is 4.08. The van der Waals surface area contributed by atoms with Crippen molar-refractivity contribution in [3.05, 3.63) is 95.1 Å². The highest BCUT2D eigenvalue weighted by molar-refractivity contribution is 5.91. The molecule has 5 heteroatoms. The number of ether oxygens (including phenoxy) is 2. The first-order chi connectivity index (χ1) is 16.9. The van der Waals surface area contributed by atoms with Crippen LogP contribution in [0.4, 0.5) is 8.78 Å². The van der Waals surface area contributed by atoms with Gasteiger partial charge in [-0.2, -0.15) is 0 Å². The van der Waals surface area contributed by atoms with Crippen LogP contribution in [0.25, 0.3) is 0 Å². The lowest BCUT2D eigenvalue weighted by atomic mass is 9.75. The second-order valence-corrected chi connectivity index (χ2v) is 9.43. The smallest absolute Gasteiger partial charge is 0.343 e. The van der Waals surface area contributed by atoms with Gasteiger partial charge in [0, 0.05) is 12.1 Å². The quantitative estimate of drug-likeness (QED) is 0.243. The summed E-state index contributed by atoms with van der Waals surface area (Å²) in [5, 5.41) is 0. The van der Waals surface area contributed by atoms with E-state index in [0.29, 0.717) is 17.4 Å². The van der Waals surface area contributed by atoms with Crippen LogP contribution >= 0.6 is 0 Å². The molecule has 0 N–H and O–H groups in total. The Labute approximate surface area is 206 Å². The van der Waals surface area contributed by atoms with Gasteiger partial charge in [0.1, 0.15) is 5.75 Å². The molecule has 0 bridgehead atoms. The van der Waals surface area contributed by atoms with Crippen molar-refractivity contribution >= 4 is 5.97 Å². The van der Waals surface area contributed by atoms with Crippen LogP contribution in [0.1, 0.15) is 79.3 Å². The minimum absolute atomic E-state index is 0.133. The van der Waals surface area contributed by atoms with Gasteiger partial charge in [0.15, 0.2) is 17.4 Å². The van der Waals surface area contributed by atoms with Crippen molar-refractivity contribution in [1.82, 2.24) is 0 Å².